The summed E-state index contributed by atoms with van der Waals surface area (Å²) in [6.07, 6.45) is -4.36. The fourth-order valence-electron chi connectivity index (χ4n) is 3.72. The summed E-state index contributed by atoms with van der Waals surface area (Å²) in [5.74, 6) is 0. The third kappa shape index (κ3) is 1.97. The number of para-hydroxylation sites is 1. The van der Waals surface area contributed by atoms with E-state index in [2.05, 4.69) is 4.98 Å². The molecule has 0 amide bonds. The minimum Gasteiger partial charge on any atom is -0.354 e. The third-order valence-electron chi connectivity index (χ3n) is 4.81. The van der Waals surface area contributed by atoms with Crippen molar-refractivity contribution < 1.29 is 13.2 Å². The van der Waals surface area contributed by atoms with Crippen molar-refractivity contribution in [3.8, 4) is 0 Å². The SMILES string of the molecule is FC(F)(F)c1ccc2c3ccccc3c3[nH]c4ccccc4c3c2c1. The fourth-order valence-corrected chi connectivity index (χ4v) is 3.72. The molecule has 0 radical (unpaired) electrons. The van der Waals surface area contributed by atoms with Crippen LogP contribution in [0.15, 0.2) is 66.7 Å². The molecule has 1 nitrogen and oxygen atoms in total. The van der Waals surface area contributed by atoms with Gasteiger partial charge in [0.1, 0.15) is 0 Å². The van der Waals surface area contributed by atoms with Crippen LogP contribution in [-0.2, 0) is 6.18 Å². The Morgan fingerprint density at radius 3 is 2.04 bits per heavy atom. The van der Waals surface area contributed by atoms with E-state index in [1.165, 1.54) is 6.07 Å². The summed E-state index contributed by atoms with van der Waals surface area (Å²) < 4.78 is 39.8. The van der Waals surface area contributed by atoms with Gasteiger partial charge in [0.15, 0.2) is 0 Å². The van der Waals surface area contributed by atoms with Crippen molar-refractivity contribution in [1.29, 1.82) is 0 Å². The molecule has 0 aliphatic rings. The molecule has 1 N–H and O–H groups in total. The van der Waals surface area contributed by atoms with Crippen molar-refractivity contribution in [2.75, 3.05) is 0 Å². The van der Waals surface area contributed by atoms with E-state index in [0.717, 1.165) is 44.0 Å². The second-order valence-corrected chi connectivity index (χ2v) is 6.22. The third-order valence-corrected chi connectivity index (χ3v) is 4.81. The van der Waals surface area contributed by atoms with Gasteiger partial charge in [-0.25, -0.2) is 0 Å². The van der Waals surface area contributed by atoms with E-state index < -0.39 is 11.7 Å². The van der Waals surface area contributed by atoms with Crippen LogP contribution in [0, 0.1) is 0 Å². The number of rotatable bonds is 0. The quantitative estimate of drug-likeness (QED) is 0.305. The highest BCUT2D eigenvalue weighted by Crippen LogP contribution is 2.41. The number of alkyl halides is 3. The molecule has 1 aromatic heterocycles. The first-order valence-electron chi connectivity index (χ1n) is 7.96. The van der Waals surface area contributed by atoms with Gasteiger partial charge in [0.2, 0.25) is 0 Å². The van der Waals surface area contributed by atoms with Crippen LogP contribution < -0.4 is 0 Å². The van der Waals surface area contributed by atoms with E-state index in [9.17, 15) is 13.2 Å². The summed E-state index contributed by atoms with van der Waals surface area (Å²) in [4.78, 5) is 3.39. The standard InChI is InChI=1S/C21H12F3N/c22-21(23,24)12-9-10-14-13-5-1-2-6-15(13)20-19(17(14)11-12)16-7-3-4-8-18(16)25-20/h1-11,25H. The summed E-state index contributed by atoms with van der Waals surface area (Å²) in [6, 6.07) is 19.6. The molecule has 0 fully saturated rings. The zero-order valence-corrected chi connectivity index (χ0v) is 13.0. The molecule has 0 saturated carbocycles. The highest BCUT2D eigenvalue weighted by Gasteiger charge is 2.31. The number of aromatic nitrogens is 1. The smallest absolute Gasteiger partial charge is 0.354 e. The van der Waals surface area contributed by atoms with Gasteiger partial charge in [0.25, 0.3) is 0 Å². The predicted octanol–water partition coefficient (Wildman–Crippen LogP) is 6.65. The molecule has 1 heterocycles. The molecule has 122 valence electrons. The number of hydrogen-bond donors (Lipinski definition) is 1. The Kier molecular flexibility index (Phi) is 2.73. The number of fused-ring (bicyclic) bond motifs is 8. The van der Waals surface area contributed by atoms with Crippen LogP contribution in [0.2, 0.25) is 0 Å². The summed E-state index contributed by atoms with van der Waals surface area (Å²) >= 11 is 0. The summed E-state index contributed by atoms with van der Waals surface area (Å²) in [5.41, 5.74) is 1.18. The maximum Gasteiger partial charge on any atom is 0.416 e. The van der Waals surface area contributed by atoms with E-state index in [1.54, 1.807) is 6.07 Å². The minimum atomic E-state index is -4.36. The van der Waals surface area contributed by atoms with Gasteiger partial charge in [0, 0.05) is 21.7 Å². The van der Waals surface area contributed by atoms with Gasteiger partial charge < -0.3 is 4.98 Å². The lowest BCUT2D eigenvalue weighted by Crippen LogP contribution is -2.04. The highest BCUT2D eigenvalue weighted by atomic mass is 19.4. The van der Waals surface area contributed by atoms with Gasteiger partial charge in [0.05, 0.1) is 11.1 Å². The van der Waals surface area contributed by atoms with Crippen LogP contribution in [0.3, 0.4) is 0 Å². The van der Waals surface area contributed by atoms with Crippen LogP contribution in [0.4, 0.5) is 13.2 Å². The fraction of sp³-hybridized carbons (Fsp3) is 0.0476. The first-order valence-corrected chi connectivity index (χ1v) is 7.96. The molecule has 0 spiro atoms. The van der Waals surface area contributed by atoms with Crippen LogP contribution >= 0.6 is 0 Å². The minimum absolute atomic E-state index is 0.623. The summed E-state index contributed by atoms with van der Waals surface area (Å²) in [6.45, 7) is 0. The number of hydrogen-bond acceptors (Lipinski definition) is 0. The van der Waals surface area contributed by atoms with Crippen molar-refractivity contribution in [2.24, 2.45) is 0 Å². The lowest BCUT2D eigenvalue weighted by atomic mass is 9.95. The Labute approximate surface area is 140 Å². The molecule has 4 aromatic carbocycles. The lowest BCUT2D eigenvalue weighted by molar-refractivity contribution is -0.137. The number of halogens is 3. The van der Waals surface area contributed by atoms with Crippen LogP contribution in [0.5, 0.6) is 0 Å². The first-order chi connectivity index (χ1) is 12.0. The van der Waals surface area contributed by atoms with Gasteiger partial charge in [-0.2, -0.15) is 13.2 Å². The van der Waals surface area contributed by atoms with E-state index in [-0.39, 0.29) is 0 Å². The Bertz CT molecular complexity index is 1280. The van der Waals surface area contributed by atoms with Gasteiger partial charge >= 0.3 is 6.18 Å². The maximum absolute atomic E-state index is 13.3. The molecular formula is C21H12F3N. The normalized spacial score (nSPS) is 12.6. The number of H-pyrrole nitrogens is 1. The Balaban J connectivity index is 2.11. The molecule has 4 heteroatoms. The average molecular weight is 335 g/mol. The highest BCUT2D eigenvalue weighted by molar-refractivity contribution is 6.31. The second-order valence-electron chi connectivity index (χ2n) is 6.22. The lowest BCUT2D eigenvalue weighted by Gasteiger charge is -2.11. The van der Waals surface area contributed by atoms with Crippen molar-refractivity contribution in [3.05, 3.63) is 72.3 Å². The zero-order chi connectivity index (χ0) is 17.2. The number of aromatic amines is 1. The topological polar surface area (TPSA) is 15.8 Å². The van der Waals surface area contributed by atoms with Crippen molar-refractivity contribution in [1.82, 2.24) is 4.98 Å². The second kappa shape index (κ2) is 4.76. The van der Waals surface area contributed by atoms with E-state index in [4.69, 9.17) is 0 Å². The zero-order valence-electron chi connectivity index (χ0n) is 13.0. The molecule has 5 rings (SSSR count). The van der Waals surface area contributed by atoms with Gasteiger partial charge in [-0.3, -0.25) is 0 Å². The van der Waals surface area contributed by atoms with Crippen molar-refractivity contribution >= 4 is 43.4 Å². The maximum atomic E-state index is 13.3. The molecule has 0 atom stereocenters. The van der Waals surface area contributed by atoms with E-state index >= 15 is 0 Å². The Morgan fingerprint density at radius 1 is 0.640 bits per heavy atom. The summed E-state index contributed by atoms with van der Waals surface area (Å²) in [5, 5.41) is 5.20. The van der Waals surface area contributed by atoms with Crippen LogP contribution in [-0.4, -0.2) is 4.98 Å². The number of benzene rings is 4. The molecule has 0 bridgehead atoms. The average Bonchev–Trinajstić information content (AvgIpc) is 3.01. The Morgan fingerprint density at radius 2 is 1.28 bits per heavy atom. The van der Waals surface area contributed by atoms with Crippen LogP contribution in [0.1, 0.15) is 5.56 Å². The molecule has 25 heavy (non-hydrogen) atoms. The van der Waals surface area contributed by atoms with Crippen molar-refractivity contribution in [2.45, 2.75) is 6.18 Å². The van der Waals surface area contributed by atoms with Gasteiger partial charge in [-0.05, 0) is 34.4 Å². The molecule has 0 aliphatic carbocycles. The monoisotopic (exact) mass is 335 g/mol. The van der Waals surface area contributed by atoms with Gasteiger partial charge in [-0.15, -0.1) is 0 Å². The van der Waals surface area contributed by atoms with E-state index in [1.807, 2.05) is 48.5 Å². The van der Waals surface area contributed by atoms with Crippen molar-refractivity contribution in [3.63, 3.8) is 0 Å². The van der Waals surface area contributed by atoms with Crippen LogP contribution in [0.25, 0.3) is 43.4 Å². The molecule has 0 aliphatic heterocycles. The Hall–Kier alpha value is -3.01. The molecule has 0 saturated heterocycles. The summed E-state index contributed by atoms with van der Waals surface area (Å²) in [7, 11) is 0. The predicted molar refractivity (Wildman–Crippen MR) is 95.8 cm³/mol. The molecular weight excluding hydrogens is 323 g/mol. The largest absolute Gasteiger partial charge is 0.416 e. The van der Waals surface area contributed by atoms with E-state index in [0.29, 0.717) is 5.39 Å². The molecule has 5 aromatic rings. The molecule has 0 unspecified atom stereocenters. The number of nitrogens with one attached hydrogen (secondary N) is 1. The first kappa shape index (κ1) is 14.3. The van der Waals surface area contributed by atoms with Gasteiger partial charge in [-0.1, -0.05) is 48.5 Å².